The van der Waals surface area contributed by atoms with Gasteiger partial charge < -0.3 is 10.1 Å². The van der Waals surface area contributed by atoms with Gasteiger partial charge in [-0.2, -0.15) is 0 Å². The molecular weight excluding hydrogens is 330 g/mol. The Kier molecular flexibility index (Phi) is 2.64. The number of H-pyrrole nitrogens is 4. The van der Waals surface area contributed by atoms with Crippen molar-refractivity contribution in [3.63, 3.8) is 0 Å². The van der Waals surface area contributed by atoms with Crippen molar-refractivity contribution < 1.29 is 4.74 Å². The molecule has 124 valence electrons. The number of hydrogen-bond donors (Lipinski definition) is 5. The van der Waals surface area contributed by atoms with Crippen molar-refractivity contribution >= 4 is 11.5 Å². The minimum absolute atomic E-state index is 0.397. The highest BCUT2D eigenvalue weighted by Gasteiger charge is 2.49. The Hall–Kier alpha value is -4.10. The number of hydrogen-bond acceptors (Lipinski definition) is 10. The van der Waals surface area contributed by atoms with Crippen LogP contribution in [0.2, 0.25) is 0 Å². The van der Waals surface area contributed by atoms with Crippen LogP contribution in [0.1, 0.15) is 22.8 Å². The Bertz CT molecular complexity index is 900. The molecule has 0 saturated carbocycles. The molecule has 0 amide bonds. The van der Waals surface area contributed by atoms with Crippen molar-refractivity contribution in [2.75, 3.05) is 0 Å². The Morgan fingerprint density at radius 3 is 1.76 bits per heavy atom. The molecule has 0 saturated heterocycles. The number of aromatic amines is 4. The van der Waals surface area contributed by atoms with Gasteiger partial charge in [0, 0.05) is 0 Å². The highest BCUT2D eigenvalue weighted by Crippen LogP contribution is 2.42. The average molecular weight is 339 g/mol. The van der Waals surface area contributed by atoms with Crippen LogP contribution >= 0.6 is 0 Å². The molecule has 4 aromatic heterocycles. The molecule has 1 aliphatic rings. The second-order valence-electron chi connectivity index (χ2n) is 5.05. The molecule has 0 atom stereocenters. The van der Waals surface area contributed by atoms with Crippen LogP contribution in [0.25, 0.3) is 11.5 Å². The summed E-state index contributed by atoms with van der Waals surface area (Å²) in [5.41, 5.74) is 1.14. The van der Waals surface area contributed by atoms with Crippen LogP contribution in [0, 0.1) is 0 Å². The summed E-state index contributed by atoms with van der Waals surface area (Å²) in [6, 6.07) is 0. The van der Waals surface area contributed by atoms with Crippen LogP contribution < -0.4 is 5.32 Å². The number of aromatic nitrogens is 12. The summed E-state index contributed by atoms with van der Waals surface area (Å²) in [6.07, 6.45) is 6.40. The Labute approximate surface area is 137 Å². The molecule has 5 heterocycles. The minimum Gasteiger partial charge on any atom is -0.451 e. The molecule has 0 spiro atoms. The number of ether oxygens (including phenoxy) is 1. The minimum atomic E-state index is -1.28. The summed E-state index contributed by atoms with van der Waals surface area (Å²) >= 11 is 0. The molecule has 0 radical (unpaired) electrons. The van der Waals surface area contributed by atoms with Crippen molar-refractivity contribution in [3.05, 3.63) is 47.6 Å². The van der Waals surface area contributed by atoms with Crippen LogP contribution in [-0.4, -0.2) is 61.6 Å². The van der Waals surface area contributed by atoms with Crippen molar-refractivity contribution in [3.8, 4) is 0 Å². The number of nitrogens with one attached hydrogen (secondary N) is 5. The number of rotatable bonds is 4. The zero-order chi connectivity index (χ0) is 16.7. The van der Waals surface area contributed by atoms with Crippen LogP contribution in [0.3, 0.4) is 0 Å². The quantitative estimate of drug-likeness (QED) is 0.293. The molecule has 0 aromatic carbocycles. The van der Waals surface area contributed by atoms with Crippen molar-refractivity contribution in [1.29, 1.82) is 0 Å². The Morgan fingerprint density at radius 1 is 0.680 bits per heavy atom. The third-order valence-corrected chi connectivity index (χ3v) is 3.66. The molecule has 5 rings (SSSR count). The molecule has 14 nitrogen and oxygen atoms in total. The van der Waals surface area contributed by atoms with E-state index in [2.05, 4.69) is 67.0 Å². The standard InChI is InChI=1S/C11H9N13O/c1-5(17-21-12-1)9-10(6-2-13-22-18-6)25-11(16-9,7-3-14-23-19-7)8-4-15-24-20-8/h1-4,16H,(H,12,17,21)(H,13,18,22)(H,14,19,23)(H,15,20,24). The lowest BCUT2D eigenvalue weighted by atomic mass is 10.1. The van der Waals surface area contributed by atoms with Crippen LogP contribution in [0.15, 0.2) is 24.8 Å². The van der Waals surface area contributed by atoms with Crippen LogP contribution in [0.5, 0.6) is 0 Å². The maximum absolute atomic E-state index is 6.24. The van der Waals surface area contributed by atoms with Gasteiger partial charge >= 0.3 is 0 Å². The molecule has 25 heavy (non-hydrogen) atoms. The first-order chi connectivity index (χ1) is 12.4. The molecule has 1 aliphatic heterocycles. The van der Waals surface area contributed by atoms with Gasteiger partial charge in [0.05, 0.1) is 24.8 Å². The number of nitrogens with zero attached hydrogens (tertiary/aromatic N) is 8. The van der Waals surface area contributed by atoms with Gasteiger partial charge in [-0.3, -0.25) is 20.4 Å². The first-order valence-electron chi connectivity index (χ1n) is 7.06. The van der Waals surface area contributed by atoms with E-state index in [0.717, 1.165) is 0 Å². The van der Waals surface area contributed by atoms with Gasteiger partial charge in [0.1, 0.15) is 17.1 Å². The van der Waals surface area contributed by atoms with E-state index in [-0.39, 0.29) is 0 Å². The van der Waals surface area contributed by atoms with E-state index in [1.54, 1.807) is 24.8 Å². The predicted molar refractivity (Wildman–Crippen MR) is 77.3 cm³/mol. The van der Waals surface area contributed by atoms with Crippen molar-refractivity contribution in [2.45, 2.75) is 5.72 Å². The second kappa shape index (κ2) is 4.95. The Morgan fingerprint density at radius 2 is 1.24 bits per heavy atom. The molecule has 14 heteroatoms. The average Bonchev–Trinajstić information content (AvgIpc) is 3.49. The normalized spacial score (nSPS) is 16.0. The lowest BCUT2D eigenvalue weighted by molar-refractivity contribution is 0.0699. The summed E-state index contributed by atoms with van der Waals surface area (Å²) in [6.45, 7) is 0. The first-order valence-corrected chi connectivity index (χ1v) is 7.06. The SMILES string of the molecule is c1[nH]nnc1C1=C(c2c[nH]nn2)OC(c2c[nH]nn2)(c2c[nH]nn2)N1. The highest BCUT2D eigenvalue weighted by atomic mass is 16.5. The topological polar surface area (TPSA) is 188 Å². The maximum Gasteiger partial charge on any atom is 0.274 e. The van der Waals surface area contributed by atoms with Gasteiger partial charge in [-0.05, 0) is 0 Å². The molecule has 0 bridgehead atoms. The highest BCUT2D eigenvalue weighted by molar-refractivity contribution is 5.86. The van der Waals surface area contributed by atoms with Crippen molar-refractivity contribution in [2.24, 2.45) is 0 Å². The van der Waals surface area contributed by atoms with Gasteiger partial charge in [0.2, 0.25) is 0 Å². The molecule has 5 N–H and O–H groups in total. The first kappa shape index (κ1) is 13.3. The monoisotopic (exact) mass is 339 g/mol. The molecule has 0 aliphatic carbocycles. The third kappa shape index (κ3) is 1.90. The zero-order valence-electron chi connectivity index (χ0n) is 12.3. The van der Waals surface area contributed by atoms with Crippen molar-refractivity contribution in [1.82, 2.24) is 67.0 Å². The summed E-state index contributed by atoms with van der Waals surface area (Å²) in [7, 11) is 0. The zero-order valence-corrected chi connectivity index (χ0v) is 12.3. The fourth-order valence-corrected chi connectivity index (χ4v) is 2.57. The predicted octanol–water partition coefficient (Wildman–Crippen LogP) is -1.49. The molecular formula is C11H9N13O. The van der Waals surface area contributed by atoms with Crippen LogP contribution in [0.4, 0.5) is 0 Å². The summed E-state index contributed by atoms with van der Waals surface area (Å²) < 4.78 is 6.24. The van der Waals surface area contributed by atoms with Crippen LogP contribution in [-0.2, 0) is 10.5 Å². The Balaban J connectivity index is 1.70. The van der Waals surface area contributed by atoms with Gasteiger partial charge in [-0.1, -0.05) is 20.9 Å². The summed E-state index contributed by atoms with van der Waals surface area (Å²) in [5, 5.41) is 45.1. The smallest absolute Gasteiger partial charge is 0.274 e. The van der Waals surface area contributed by atoms with E-state index >= 15 is 0 Å². The molecule has 0 unspecified atom stereocenters. The third-order valence-electron chi connectivity index (χ3n) is 3.66. The lowest BCUT2D eigenvalue weighted by Gasteiger charge is -2.25. The second-order valence-corrected chi connectivity index (χ2v) is 5.05. The van der Waals surface area contributed by atoms with E-state index in [1.165, 1.54) is 0 Å². The van der Waals surface area contributed by atoms with Gasteiger partial charge in [0.25, 0.3) is 5.72 Å². The van der Waals surface area contributed by atoms with E-state index in [9.17, 15) is 0 Å². The lowest BCUT2D eigenvalue weighted by Crippen LogP contribution is -2.41. The maximum atomic E-state index is 6.24. The van der Waals surface area contributed by atoms with Gasteiger partial charge in [0.15, 0.2) is 17.1 Å². The molecule has 4 aromatic rings. The van der Waals surface area contributed by atoms with E-state index < -0.39 is 5.72 Å². The fraction of sp³-hybridized carbons (Fsp3) is 0.0909. The summed E-state index contributed by atoms with van der Waals surface area (Å²) in [5.74, 6) is 0.397. The van der Waals surface area contributed by atoms with E-state index in [0.29, 0.717) is 34.2 Å². The van der Waals surface area contributed by atoms with E-state index in [1.807, 2.05) is 0 Å². The van der Waals surface area contributed by atoms with Gasteiger partial charge in [-0.15, -0.1) is 20.4 Å². The fourth-order valence-electron chi connectivity index (χ4n) is 2.57. The molecule has 0 fully saturated rings. The summed E-state index contributed by atoms with van der Waals surface area (Å²) in [4.78, 5) is 0. The largest absolute Gasteiger partial charge is 0.451 e. The van der Waals surface area contributed by atoms with Gasteiger partial charge in [-0.25, -0.2) is 0 Å². The van der Waals surface area contributed by atoms with E-state index in [4.69, 9.17) is 4.74 Å².